The van der Waals surface area contributed by atoms with Crippen molar-refractivity contribution in [2.75, 3.05) is 24.8 Å². The topological polar surface area (TPSA) is 152 Å². The minimum atomic E-state index is -0.647. The van der Waals surface area contributed by atoms with Gasteiger partial charge in [-0.15, -0.1) is 10.2 Å². The molecule has 4 rings (SSSR count). The van der Waals surface area contributed by atoms with Crippen molar-refractivity contribution in [1.29, 1.82) is 0 Å². The number of carbonyl (C=O) groups excluding carboxylic acids is 1. The first kappa shape index (κ1) is 23.6. The summed E-state index contributed by atoms with van der Waals surface area (Å²) in [6.07, 6.45) is 2.53. The number of para-hydroxylation sites is 1. The van der Waals surface area contributed by atoms with Crippen molar-refractivity contribution >= 4 is 28.9 Å². The summed E-state index contributed by atoms with van der Waals surface area (Å²) in [6.45, 7) is 1.67. The van der Waals surface area contributed by atoms with Gasteiger partial charge in [0.25, 0.3) is 5.91 Å². The molecule has 4 N–H and O–H groups in total. The minimum absolute atomic E-state index is 0.0900. The number of aliphatic hydroxyl groups excluding tert-OH is 1. The van der Waals surface area contributed by atoms with Gasteiger partial charge in [-0.25, -0.2) is 9.97 Å². The van der Waals surface area contributed by atoms with Crippen molar-refractivity contribution in [2.45, 2.75) is 13.0 Å². The van der Waals surface area contributed by atoms with Gasteiger partial charge >= 0.3 is 0 Å². The third-order valence-electron chi connectivity index (χ3n) is 5.09. The summed E-state index contributed by atoms with van der Waals surface area (Å²) in [6, 6.07) is 10.5. The average molecular weight is 476 g/mol. The molecule has 0 spiro atoms. The summed E-state index contributed by atoms with van der Waals surface area (Å²) >= 11 is 0. The lowest BCUT2D eigenvalue weighted by Crippen LogP contribution is -2.21. The van der Waals surface area contributed by atoms with Crippen molar-refractivity contribution in [3.63, 3.8) is 0 Å². The number of hydrogen-bond acceptors (Lipinski definition) is 10. The molecule has 0 aliphatic heterocycles. The quantitative estimate of drug-likeness (QED) is 0.299. The molecule has 0 aliphatic rings. The van der Waals surface area contributed by atoms with Crippen molar-refractivity contribution in [1.82, 2.24) is 35.3 Å². The Morgan fingerprint density at radius 2 is 1.91 bits per heavy atom. The number of aromatic nitrogens is 6. The predicted molar refractivity (Wildman–Crippen MR) is 130 cm³/mol. The molecular weight excluding hydrogens is 450 g/mol. The van der Waals surface area contributed by atoms with Crippen molar-refractivity contribution in [2.24, 2.45) is 7.05 Å². The van der Waals surface area contributed by atoms with E-state index in [1.165, 1.54) is 7.05 Å². The maximum absolute atomic E-state index is 12.5. The molecule has 12 heteroatoms. The summed E-state index contributed by atoms with van der Waals surface area (Å²) < 4.78 is 7.26. The number of nitrogens with one attached hydrogen (secondary N) is 3. The summed E-state index contributed by atoms with van der Waals surface area (Å²) in [7, 11) is 4.84. The highest BCUT2D eigenvalue weighted by Crippen LogP contribution is 2.37. The highest BCUT2D eigenvalue weighted by Gasteiger charge is 2.19. The molecular formula is C23H25N9O3. The molecule has 1 unspecified atom stereocenters. The van der Waals surface area contributed by atoms with Gasteiger partial charge in [-0.3, -0.25) is 9.48 Å². The molecule has 0 saturated carbocycles. The summed E-state index contributed by atoms with van der Waals surface area (Å²) in [5.41, 5.74) is 2.43. The molecule has 3 aromatic heterocycles. The highest BCUT2D eigenvalue weighted by atomic mass is 16.5. The Morgan fingerprint density at radius 1 is 1.09 bits per heavy atom. The number of pyridine rings is 1. The van der Waals surface area contributed by atoms with E-state index in [2.05, 4.69) is 41.2 Å². The highest BCUT2D eigenvalue weighted by molar-refractivity contribution is 5.99. The van der Waals surface area contributed by atoms with Gasteiger partial charge in [0, 0.05) is 26.4 Å². The van der Waals surface area contributed by atoms with Crippen molar-refractivity contribution in [3.8, 4) is 17.1 Å². The minimum Gasteiger partial charge on any atom is -0.494 e. The lowest BCUT2D eigenvalue weighted by Gasteiger charge is -2.16. The van der Waals surface area contributed by atoms with Gasteiger partial charge in [0.15, 0.2) is 23.1 Å². The average Bonchev–Trinajstić information content (AvgIpc) is 3.30. The molecule has 12 nitrogen and oxygen atoms in total. The van der Waals surface area contributed by atoms with Crippen LogP contribution in [0.5, 0.6) is 5.75 Å². The van der Waals surface area contributed by atoms with Crippen LogP contribution in [0, 0.1) is 0 Å². The first-order valence-corrected chi connectivity index (χ1v) is 10.7. The first-order valence-electron chi connectivity index (χ1n) is 10.7. The maximum Gasteiger partial charge on any atom is 0.273 e. The Kier molecular flexibility index (Phi) is 6.83. The van der Waals surface area contributed by atoms with Crippen LogP contribution < -0.4 is 20.7 Å². The Morgan fingerprint density at radius 3 is 2.60 bits per heavy atom. The molecule has 1 atom stereocenters. The van der Waals surface area contributed by atoms with E-state index in [1.807, 2.05) is 12.1 Å². The first-order chi connectivity index (χ1) is 16.9. The fourth-order valence-corrected chi connectivity index (χ4v) is 3.38. The number of ether oxygens (including phenoxy) is 1. The Balaban J connectivity index is 1.72. The second-order valence-electron chi connectivity index (χ2n) is 7.60. The molecule has 1 amide bonds. The van der Waals surface area contributed by atoms with E-state index in [9.17, 15) is 9.90 Å². The van der Waals surface area contributed by atoms with Gasteiger partial charge in [-0.05, 0) is 36.8 Å². The SMILES string of the molecule is CNC(=O)c1nnc(Nc2cc(C(C)O)ccn2)cc1Nc1cccc(-c2ncn(C)n2)c1OC. The van der Waals surface area contributed by atoms with E-state index in [0.717, 1.165) is 0 Å². The summed E-state index contributed by atoms with van der Waals surface area (Å²) in [5.74, 6) is 1.40. The molecule has 0 aliphatic carbocycles. The van der Waals surface area contributed by atoms with Gasteiger partial charge in [0.1, 0.15) is 12.1 Å². The van der Waals surface area contributed by atoms with E-state index in [-0.39, 0.29) is 5.69 Å². The van der Waals surface area contributed by atoms with Crippen molar-refractivity contribution < 1.29 is 14.6 Å². The lowest BCUT2D eigenvalue weighted by molar-refractivity contribution is 0.0958. The van der Waals surface area contributed by atoms with Crippen LogP contribution in [0.25, 0.3) is 11.4 Å². The number of hydrogen-bond donors (Lipinski definition) is 4. The number of amides is 1. The van der Waals surface area contributed by atoms with Crippen LogP contribution in [0.3, 0.4) is 0 Å². The molecule has 1 aromatic carbocycles. The zero-order valence-corrected chi connectivity index (χ0v) is 19.6. The number of carbonyl (C=O) groups is 1. The molecule has 180 valence electrons. The van der Waals surface area contributed by atoms with E-state index in [4.69, 9.17) is 4.74 Å². The fraction of sp³-hybridized carbons (Fsp3) is 0.217. The van der Waals surface area contributed by atoms with Crippen LogP contribution in [0.2, 0.25) is 0 Å². The van der Waals surface area contributed by atoms with Crippen molar-refractivity contribution in [3.05, 3.63) is 60.2 Å². The third kappa shape index (κ3) is 5.17. The second-order valence-corrected chi connectivity index (χ2v) is 7.60. The van der Waals surface area contributed by atoms with E-state index in [1.54, 1.807) is 62.6 Å². The molecule has 35 heavy (non-hydrogen) atoms. The molecule has 0 radical (unpaired) electrons. The molecule has 0 saturated heterocycles. The monoisotopic (exact) mass is 475 g/mol. The smallest absolute Gasteiger partial charge is 0.273 e. The van der Waals surface area contributed by atoms with Crippen LogP contribution >= 0.6 is 0 Å². The standard InChI is InChI=1S/C23H25N9O3/c1-13(33)14-8-9-25-18(10-14)28-19-11-17(20(30-29-19)23(34)24-2)27-16-7-5-6-15(21(16)35-4)22-26-12-32(3)31-22/h5-13,33H,1-4H3,(H,24,34)(H2,25,27,28,29). The van der Waals surface area contributed by atoms with Crippen LogP contribution in [-0.4, -0.2) is 55.1 Å². The fourth-order valence-electron chi connectivity index (χ4n) is 3.38. The summed E-state index contributed by atoms with van der Waals surface area (Å²) in [4.78, 5) is 21.0. The Bertz CT molecular complexity index is 1350. The number of anilines is 4. The van der Waals surface area contributed by atoms with Gasteiger partial charge in [0.05, 0.1) is 30.2 Å². The van der Waals surface area contributed by atoms with E-state index in [0.29, 0.717) is 45.7 Å². The summed E-state index contributed by atoms with van der Waals surface area (Å²) in [5, 5.41) is 31.3. The van der Waals surface area contributed by atoms with Gasteiger partial charge in [0.2, 0.25) is 0 Å². The number of benzene rings is 1. The van der Waals surface area contributed by atoms with Crippen LogP contribution in [0.4, 0.5) is 23.0 Å². The number of aryl methyl sites for hydroxylation is 1. The number of methoxy groups -OCH3 is 1. The Labute approximate surface area is 201 Å². The number of rotatable bonds is 8. The zero-order chi connectivity index (χ0) is 24.9. The Hall–Kier alpha value is -4.58. The van der Waals surface area contributed by atoms with E-state index < -0.39 is 12.0 Å². The zero-order valence-electron chi connectivity index (χ0n) is 19.6. The van der Waals surface area contributed by atoms with Gasteiger partial charge < -0.3 is 25.8 Å². The third-order valence-corrected chi connectivity index (χ3v) is 5.09. The number of nitrogens with zero attached hydrogens (tertiary/aromatic N) is 6. The van der Waals surface area contributed by atoms with Crippen LogP contribution in [0.1, 0.15) is 29.1 Å². The van der Waals surface area contributed by atoms with Gasteiger partial charge in [-0.1, -0.05) is 6.07 Å². The second kappa shape index (κ2) is 10.1. The lowest BCUT2D eigenvalue weighted by atomic mass is 10.1. The molecule has 0 bridgehead atoms. The molecule has 3 heterocycles. The maximum atomic E-state index is 12.5. The van der Waals surface area contributed by atoms with Crippen LogP contribution in [0.15, 0.2) is 48.9 Å². The molecule has 4 aromatic rings. The normalized spacial score (nSPS) is 11.6. The van der Waals surface area contributed by atoms with Crippen LogP contribution in [-0.2, 0) is 7.05 Å². The molecule has 0 fully saturated rings. The van der Waals surface area contributed by atoms with E-state index >= 15 is 0 Å². The number of aliphatic hydroxyl groups is 1. The predicted octanol–water partition coefficient (Wildman–Crippen LogP) is 2.58. The van der Waals surface area contributed by atoms with Gasteiger partial charge in [-0.2, -0.15) is 5.10 Å². The largest absolute Gasteiger partial charge is 0.494 e.